The highest BCUT2D eigenvalue weighted by Crippen LogP contribution is 2.36. The Bertz CT molecular complexity index is 1170. The van der Waals surface area contributed by atoms with Crippen molar-refractivity contribution in [3.63, 3.8) is 0 Å². The molecule has 0 fully saturated rings. The first-order valence-electron chi connectivity index (χ1n) is 9.23. The highest BCUT2D eigenvalue weighted by Gasteiger charge is 2.23. The Balaban J connectivity index is 1.88. The van der Waals surface area contributed by atoms with E-state index in [4.69, 9.17) is 9.47 Å². The lowest BCUT2D eigenvalue weighted by molar-refractivity contribution is 0.375. The summed E-state index contributed by atoms with van der Waals surface area (Å²) in [6.07, 6.45) is 4.31. The molecule has 0 aliphatic carbocycles. The summed E-state index contributed by atoms with van der Waals surface area (Å²) in [6.45, 7) is 3.78. The van der Waals surface area contributed by atoms with E-state index in [0.29, 0.717) is 22.9 Å². The molecule has 0 saturated carbocycles. The first kappa shape index (κ1) is 19.4. The second-order valence-corrected chi connectivity index (χ2v) is 6.45. The van der Waals surface area contributed by atoms with E-state index in [0.717, 1.165) is 22.5 Å². The largest absolute Gasteiger partial charge is 0.480 e. The van der Waals surface area contributed by atoms with Gasteiger partial charge in [-0.2, -0.15) is 9.97 Å². The van der Waals surface area contributed by atoms with Crippen molar-refractivity contribution >= 4 is 0 Å². The van der Waals surface area contributed by atoms with E-state index in [9.17, 15) is 0 Å². The van der Waals surface area contributed by atoms with E-state index in [1.165, 1.54) is 14.2 Å². The number of nitrogens with zero attached hydrogens (tertiary/aromatic N) is 6. The number of hydrogen-bond acceptors (Lipinski definition) is 8. The molecular weight excluding hydrogens is 380 g/mol. The van der Waals surface area contributed by atoms with Gasteiger partial charge in [0.1, 0.15) is 11.3 Å². The minimum absolute atomic E-state index is 0.290. The Hall–Kier alpha value is -3.94. The van der Waals surface area contributed by atoms with Crippen LogP contribution in [0.5, 0.6) is 11.8 Å². The SMILES string of the molecule is COc1nc(-c2n[c]nc(C)c2C)nc(OC)c1-c1nccc(-c2ccccc2)n1. The van der Waals surface area contributed by atoms with Crippen molar-refractivity contribution in [2.75, 3.05) is 14.2 Å². The number of aromatic nitrogens is 6. The lowest BCUT2D eigenvalue weighted by Gasteiger charge is -2.13. The number of hydrogen-bond donors (Lipinski definition) is 0. The highest BCUT2D eigenvalue weighted by molar-refractivity contribution is 5.72. The molecule has 0 spiro atoms. The number of methoxy groups -OCH3 is 2. The van der Waals surface area contributed by atoms with Crippen molar-refractivity contribution in [1.29, 1.82) is 0 Å². The molecule has 0 N–H and O–H groups in total. The molecule has 0 saturated heterocycles. The van der Waals surface area contributed by atoms with Crippen LogP contribution < -0.4 is 9.47 Å². The fraction of sp³-hybridized carbons (Fsp3) is 0.182. The molecule has 1 aromatic carbocycles. The number of benzene rings is 1. The molecule has 3 heterocycles. The number of rotatable bonds is 5. The van der Waals surface area contributed by atoms with Gasteiger partial charge in [-0.15, -0.1) is 0 Å². The third-order valence-corrected chi connectivity index (χ3v) is 4.67. The van der Waals surface area contributed by atoms with Crippen molar-refractivity contribution in [3.05, 3.63) is 60.2 Å². The van der Waals surface area contributed by atoms with Gasteiger partial charge in [-0.3, -0.25) is 0 Å². The van der Waals surface area contributed by atoms with Gasteiger partial charge in [-0.05, 0) is 25.5 Å². The Labute approximate surface area is 174 Å². The van der Waals surface area contributed by atoms with Crippen molar-refractivity contribution < 1.29 is 9.47 Å². The topological polar surface area (TPSA) is 95.8 Å². The van der Waals surface area contributed by atoms with Crippen molar-refractivity contribution in [1.82, 2.24) is 29.9 Å². The molecule has 8 heteroatoms. The molecule has 1 radical (unpaired) electrons. The lowest BCUT2D eigenvalue weighted by atomic mass is 10.1. The standard InChI is InChI=1S/C22H19N6O2/c1-13-14(2)24-12-25-18(13)20-27-21(29-3)17(22(28-20)30-4)19-23-11-10-16(26-19)15-8-6-5-7-9-15/h5-11H,1-4H3. The summed E-state index contributed by atoms with van der Waals surface area (Å²) in [7, 11) is 3.06. The molecule has 3 aromatic heterocycles. The molecule has 0 unspecified atom stereocenters. The molecule has 0 amide bonds. The maximum absolute atomic E-state index is 5.56. The van der Waals surface area contributed by atoms with Gasteiger partial charge in [0.25, 0.3) is 0 Å². The van der Waals surface area contributed by atoms with Crippen LogP contribution >= 0.6 is 0 Å². The van der Waals surface area contributed by atoms with Crippen LogP contribution in [0.4, 0.5) is 0 Å². The molecule has 4 rings (SSSR count). The predicted molar refractivity (Wildman–Crippen MR) is 111 cm³/mol. The van der Waals surface area contributed by atoms with Crippen LogP contribution in [0.1, 0.15) is 11.3 Å². The summed E-state index contributed by atoms with van der Waals surface area (Å²) in [4.78, 5) is 26.5. The van der Waals surface area contributed by atoms with Gasteiger partial charge in [-0.25, -0.2) is 19.9 Å². The van der Waals surface area contributed by atoms with Crippen molar-refractivity contribution in [2.24, 2.45) is 0 Å². The molecule has 30 heavy (non-hydrogen) atoms. The van der Waals surface area contributed by atoms with Gasteiger partial charge in [0.15, 0.2) is 18.0 Å². The second kappa shape index (κ2) is 8.20. The Morgan fingerprint density at radius 1 is 0.800 bits per heavy atom. The maximum Gasteiger partial charge on any atom is 0.232 e. The van der Waals surface area contributed by atoms with Crippen LogP contribution in [0.2, 0.25) is 0 Å². The average molecular weight is 399 g/mol. The summed E-state index contributed by atoms with van der Waals surface area (Å²) in [5.41, 5.74) is 4.42. The van der Waals surface area contributed by atoms with Gasteiger partial charge in [0.2, 0.25) is 11.8 Å². The fourth-order valence-corrected chi connectivity index (χ4v) is 2.97. The quantitative estimate of drug-likeness (QED) is 0.503. The van der Waals surface area contributed by atoms with E-state index >= 15 is 0 Å². The molecule has 0 bridgehead atoms. The molecule has 0 aliphatic heterocycles. The van der Waals surface area contributed by atoms with Crippen LogP contribution in [0.25, 0.3) is 34.2 Å². The molecule has 149 valence electrons. The first-order valence-corrected chi connectivity index (χ1v) is 9.23. The van der Waals surface area contributed by atoms with Crippen LogP contribution in [-0.4, -0.2) is 44.1 Å². The highest BCUT2D eigenvalue weighted by atomic mass is 16.5. The van der Waals surface area contributed by atoms with Gasteiger partial charge < -0.3 is 9.47 Å². The predicted octanol–water partition coefficient (Wildman–Crippen LogP) is 3.49. The molecular formula is C22H19N6O2. The minimum Gasteiger partial charge on any atom is -0.480 e. The summed E-state index contributed by atoms with van der Waals surface area (Å²) in [6, 6.07) is 11.7. The zero-order valence-corrected chi connectivity index (χ0v) is 17.0. The average Bonchev–Trinajstić information content (AvgIpc) is 2.80. The Morgan fingerprint density at radius 3 is 2.17 bits per heavy atom. The first-order chi connectivity index (χ1) is 14.6. The summed E-state index contributed by atoms with van der Waals surface area (Å²) in [5.74, 6) is 1.33. The fourth-order valence-electron chi connectivity index (χ4n) is 2.97. The molecule has 8 nitrogen and oxygen atoms in total. The zero-order chi connectivity index (χ0) is 21.1. The van der Waals surface area contributed by atoms with E-state index in [-0.39, 0.29) is 11.8 Å². The van der Waals surface area contributed by atoms with E-state index in [1.807, 2.05) is 50.2 Å². The van der Waals surface area contributed by atoms with Crippen LogP contribution in [-0.2, 0) is 0 Å². The van der Waals surface area contributed by atoms with Crippen LogP contribution in [0.15, 0.2) is 42.6 Å². The zero-order valence-electron chi connectivity index (χ0n) is 17.0. The normalized spacial score (nSPS) is 10.7. The Morgan fingerprint density at radius 2 is 1.50 bits per heavy atom. The van der Waals surface area contributed by atoms with Gasteiger partial charge in [0, 0.05) is 17.5 Å². The Kier molecular flexibility index (Phi) is 5.30. The number of ether oxygens (including phenoxy) is 2. The van der Waals surface area contributed by atoms with Crippen molar-refractivity contribution in [2.45, 2.75) is 13.8 Å². The second-order valence-electron chi connectivity index (χ2n) is 6.45. The summed E-state index contributed by atoms with van der Waals surface area (Å²) >= 11 is 0. The van der Waals surface area contributed by atoms with Gasteiger partial charge >= 0.3 is 0 Å². The summed E-state index contributed by atoms with van der Waals surface area (Å²) in [5, 5.41) is 0. The molecule has 0 aliphatic rings. The van der Waals surface area contributed by atoms with Crippen molar-refractivity contribution in [3.8, 4) is 45.9 Å². The summed E-state index contributed by atoms with van der Waals surface area (Å²) < 4.78 is 11.1. The number of aryl methyl sites for hydroxylation is 1. The molecule has 4 aromatic rings. The van der Waals surface area contributed by atoms with E-state index in [2.05, 4.69) is 36.2 Å². The maximum atomic E-state index is 5.56. The third kappa shape index (κ3) is 3.55. The van der Waals surface area contributed by atoms with Crippen LogP contribution in [0, 0.1) is 20.2 Å². The lowest BCUT2D eigenvalue weighted by Crippen LogP contribution is -2.05. The monoisotopic (exact) mass is 399 g/mol. The van der Waals surface area contributed by atoms with E-state index < -0.39 is 0 Å². The van der Waals surface area contributed by atoms with Gasteiger partial charge in [0.05, 0.1) is 19.9 Å². The van der Waals surface area contributed by atoms with Gasteiger partial charge in [-0.1, -0.05) is 30.3 Å². The third-order valence-electron chi connectivity index (χ3n) is 4.67. The van der Waals surface area contributed by atoms with E-state index in [1.54, 1.807) is 6.20 Å². The smallest absolute Gasteiger partial charge is 0.232 e. The van der Waals surface area contributed by atoms with Crippen LogP contribution in [0.3, 0.4) is 0 Å². The minimum atomic E-state index is 0.290. The molecule has 0 atom stereocenters.